The van der Waals surface area contributed by atoms with Crippen LogP contribution in [0.1, 0.15) is 25.5 Å². The number of piperidine rings is 1. The lowest BCUT2D eigenvalue weighted by Gasteiger charge is -2.31. The lowest BCUT2D eigenvalue weighted by atomic mass is 9.97. The number of carbonyl (C=O) groups is 1. The van der Waals surface area contributed by atoms with E-state index in [1.807, 2.05) is 0 Å². The number of aromatic nitrogens is 2. The third-order valence-corrected chi connectivity index (χ3v) is 3.75. The SMILES string of the molecule is CCN1CCC(CNC(=O)NCc2cnccn2)CC1. The van der Waals surface area contributed by atoms with Crippen LogP contribution in [-0.4, -0.2) is 47.1 Å². The number of amides is 2. The van der Waals surface area contributed by atoms with Crippen molar-refractivity contribution in [3.05, 3.63) is 24.3 Å². The molecule has 6 nitrogen and oxygen atoms in total. The van der Waals surface area contributed by atoms with Gasteiger partial charge in [-0.2, -0.15) is 0 Å². The fourth-order valence-corrected chi connectivity index (χ4v) is 2.40. The number of nitrogens with one attached hydrogen (secondary N) is 2. The lowest BCUT2D eigenvalue weighted by Crippen LogP contribution is -2.41. The Labute approximate surface area is 120 Å². The van der Waals surface area contributed by atoms with E-state index in [2.05, 4.69) is 32.4 Å². The predicted molar refractivity (Wildman–Crippen MR) is 77.1 cm³/mol. The summed E-state index contributed by atoms with van der Waals surface area (Å²) in [7, 11) is 0. The van der Waals surface area contributed by atoms with Crippen LogP contribution in [-0.2, 0) is 6.54 Å². The van der Waals surface area contributed by atoms with E-state index in [1.54, 1.807) is 18.6 Å². The van der Waals surface area contributed by atoms with Crippen molar-refractivity contribution in [1.29, 1.82) is 0 Å². The number of nitrogens with zero attached hydrogens (tertiary/aromatic N) is 3. The first kappa shape index (κ1) is 14.7. The van der Waals surface area contributed by atoms with Crippen molar-refractivity contribution in [3.63, 3.8) is 0 Å². The lowest BCUT2D eigenvalue weighted by molar-refractivity contribution is 0.188. The van der Waals surface area contributed by atoms with Gasteiger partial charge in [0.1, 0.15) is 0 Å². The topological polar surface area (TPSA) is 70.2 Å². The minimum atomic E-state index is -0.131. The first-order valence-corrected chi connectivity index (χ1v) is 7.27. The van der Waals surface area contributed by atoms with E-state index >= 15 is 0 Å². The molecule has 0 aromatic carbocycles. The number of likely N-dealkylation sites (tertiary alicyclic amines) is 1. The Balaban J connectivity index is 1.61. The molecule has 0 spiro atoms. The molecule has 1 aromatic heterocycles. The minimum absolute atomic E-state index is 0.131. The first-order chi connectivity index (χ1) is 9.78. The van der Waals surface area contributed by atoms with Crippen molar-refractivity contribution < 1.29 is 4.79 Å². The van der Waals surface area contributed by atoms with E-state index in [4.69, 9.17) is 0 Å². The molecule has 110 valence electrons. The molecule has 6 heteroatoms. The van der Waals surface area contributed by atoms with Crippen molar-refractivity contribution in [2.24, 2.45) is 5.92 Å². The number of carbonyl (C=O) groups excluding carboxylic acids is 1. The summed E-state index contributed by atoms with van der Waals surface area (Å²) in [5.41, 5.74) is 0.763. The van der Waals surface area contributed by atoms with Gasteiger partial charge in [-0.05, 0) is 38.4 Å². The fraction of sp³-hybridized carbons (Fsp3) is 0.643. The van der Waals surface area contributed by atoms with Crippen LogP contribution in [0.3, 0.4) is 0 Å². The zero-order chi connectivity index (χ0) is 14.2. The van der Waals surface area contributed by atoms with Crippen LogP contribution < -0.4 is 10.6 Å². The molecule has 0 unspecified atom stereocenters. The molecule has 0 aliphatic carbocycles. The van der Waals surface area contributed by atoms with Crippen molar-refractivity contribution in [3.8, 4) is 0 Å². The second kappa shape index (κ2) is 7.79. The average Bonchev–Trinajstić information content (AvgIpc) is 2.52. The summed E-state index contributed by atoms with van der Waals surface area (Å²) >= 11 is 0. The van der Waals surface area contributed by atoms with Crippen LogP contribution in [0.5, 0.6) is 0 Å². The van der Waals surface area contributed by atoms with Crippen LogP contribution in [0, 0.1) is 5.92 Å². The van der Waals surface area contributed by atoms with Gasteiger partial charge in [0.15, 0.2) is 0 Å². The fourth-order valence-electron chi connectivity index (χ4n) is 2.40. The molecule has 1 aliphatic rings. The Morgan fingerprint density at radius 3 is 2.80 bits per heavy atom. The second-order valence-corrected chi connectivity index (χ2v) is 5.14. The van der Waals surface area contributed by atoms with E-state index < -0.39 is 0 Å². The van der Waals surface area contributed by atoms with Crippen LogP contribution in [0.4, 0.5) is 4.79 Å². The summed E-state index contributed by atoms with van der Waals surface area (Å²) in [6.07, 6.45) is 7.22. The Bertz CT molecular complexity index is 403. The van der Waals surface area contributed by atoms with E-state index in [-0.39, 0.29) is 6.03 Å². The molecule has 0 radical (unpaired) electrons. The highest BCUT2D eigenvalue weighted by Gasteiger charge is 2.18. The van der Waals surface area contributed by atoms with Gasteiger partial charge in [0, 0.05) is 18.9 Å². The van der Waals surface area contributed by atoms with E-state index in [1.165, 1.54) is 0 Å². The van der Waals surface area contributed by atoms with Crippen molar-refractivity contribution in [2.45, 2.75) is 26.3 Å². The van der Waals surface area contributed by atoms with Gasteiger partial charge < -0.3 is 15.5 Å². The third-order valence-electron chi connectivity index (χ3n) is 3.75. The van der Waals surface area contributed by atoms with Gasteiger partial charge in [-0.1, -0.05) is 6.92 Å². The largest absolute Gasteiger partial charge is 0.338 e. The maximum absolute atomic E-state index is 11.7. The van der Waals surface area contributed by atoms with Gasteiger partial charge in [0.05, 0.1) is 18.4 Å². The molecule has 2 heterocycles. The monoisotopic (exact) mass is 277 g/mol. The molecule has 2 rings (SSSR count). The Hall–Kier alpha value is -1.69. The number of urea groups is 1. The molecule has 2 amide bonds. The maximum Gasteiger partial charge on any atom is 0.315 e. The zero-order valence-electron chi connectivity index (χ0n) is 12.0. The summed E-state index contributed by atoms with van der Waals surface area (Å²) in [4.78, 5) is 22.2. The molecule has 20 heavy (non-hydrogen) atoms. The summed E-state index contributed by atoms with van der Waals surface area (Å²) in [5.74, 6) is 0.597. The van der Waals surface area contributed by atoms with Gasteiger partial charge >= 0.3 is 6.03 Å². The molecule has 1 fully saturated rings. The van der Waals surface area contributed by atoms with Gasteiger partial charge in [-0.15, -0.1) is 0 Å². The Morgan fingerprint density at radius 2 is 2.15 bits per heavy atom. The summed E-state index contributed by atoms with van der Waals surface area (Å²) in [6, 6.07) is -0.131. The summed E-state index contributed by atoms with van der Waals surface area (Å²) < 4.78 is 0. The van der Waals surface area contributed by atoms with Crippen LogP contribution >= 0.6 is 0 Å². The van der Waals surface area contributed by atoms with Crippen LogP contribution in [0.15, 0.2) is 18.6 Å². The molecular formula is C14H23N5O. The summed E-state index contributed by atoms with van der Waals surface area (Å²) in [6.45, 7) is 6.77. The first-order valence-electron chi connectivity index (χ1n) is 7.27. The quantitative estimate of drug-likeness (QED) is 0.842. The van der Waals surface area contributed by atoms with Crippen LogP contribution in [0.2, 0.25) is 0 Å². The smallest absolute Gasteiger partial charge is 0.315 e. The second-order valence-electron chi connectivity index (χ2n) is 5.14. The van der Waals surface area contributed by atoms with E-state index in [0.29, 0.717) is 12.5 Å². The third kappa shape index (κ3) is 4.77. The molecule has 1 aliphatic heterocycles. The highest BCUT2D eigenvalue weighted by Crippen LogP contribution is 2.15. The highest BCUT2D eigenvalue weighted by molar-refractivity contribution is 5.73. The van der Waals surface area contributed by atoms with Gasteiger partial charge in [-0.3, -0.25) is 9.97 Å². The van der Waals surface area contributed by atoms with Gasteiger partial charge in [-0.25, -0.2) is 4.79 Å². The number of hydrogen-bond donors (Lipinski definition) is 2. The molecule has 0 bridgehead atoms. The zero-order valence-corrected chi connectivity index (χ0v) is 12.0. The maximum atomic E-state index is 11.7. The molecule has 0 atom stereocenters. The minimum Gasteiger partial charge on any atom is -0.338 e. The van der Waals surface area contributed by atoms with Crippen molar-refractivity contribution >= 4 is 6.03 Å². The summed E-state index contributed by atoms with van der Waals surface area (Å²) in [5, 5.41) is 5.73. The molecule has 0 saturated carbocycles. The standard InChI is InChI=1S/C14H23N5O/c1-2-19-7-3-12(4-8-19)9-17-14(20)18-11-13-10-15-5-6-16-13/h5-6,10,12H,2-4,7-9,11H2,1H3,(H2,17,18,20). The van der Waals surface area contributed by atoms with E-state index in [0.717, 1.165) is 44.7 Å². The van der Waals surface area contributed by atoms with Gasteiger partial charge in [0.25, 0.3) is 0 Å². The Kier molecular flexibility index (Phi) is 5.73. The van der Waals surface area contributed by atoms with Crippen LogP contribution in [0.25, 0.3) is 0 Å². The average molecular weight is 277 g/mol. The predicted octanol–water partition coefficient (Wildman–Crippen LogP) is 1.01. The molecule has 1 saturated heterocycles. The Morgan fingerprint density at radius 1 is 1.35 bits per heavy atom. The molecule has 1 aromatic rings. The normalized spacial score (nSPS) is 16.9. The highest BCUT2D eigenvalue weighted by atomic mass is 16.2. The number of hydrogen-bond acceptors (Lipinski definition) is 4. The van der Waals surface area contributed by atoms with Gasteiger partial charge in [0.2, 0.25) is 0 Å². The van der Waals surface area contributed by atoms with Crippen molar-refractivity contribution in [2.75, 3.05) is 26.2 Å². The van der Waals surface area contributed by atoms with E-state index in [9.17, 15) is 4.79 Å². The number of rotatable bonds is 5. The molecule has 2 N–H and O–H groups in total. The molecular weight excluding hydrogens is 254 g/mol. The van der Waals surface area contributed by atoms with Crippen molar-refractivity contribution in [1.82, 2.24) is 25.5 Å².